The van der Waals surface area contributed by atoms with Crippen LogP contribution >= 0.6 is 0 Å². The average Bonchev–Trinajstić information content (AvgIpc) is 3.11. The lowest BCUT2D eigenvalue weighted by Gasteiger charge is -2.41. The SMILES string of the molecule is CCC(C)C(C)N(C(=O)[C@@H]1C=C2c3cccc4c3C(CN4)C[C@H]2NC1)C(C)C. The minimum atomic E-state index is -0.0816. The van der Waals surface area contributed by atoms with Gasteiger partial charge < -0.3 is 15.5 Å². The first-order chi connectivity index (χ1) is 13.4. The molecule has 0 fully saturated rings. The second kappa shape index (κ2) is 7.55. The van der Waals surface area contributed by atoms with Crippen molar-refractivity contribution in [1.29, 1.82) is 0 Å². The van der Waals surface area contributed by atoms with Crippen LogP contribution in [0.25, 0.3) is 5.57 Å². The Hall–Kier alpha value is -1.81. The molecule has 0 spiro atoms. The number of anilines is 1. The smallest absolute Gasteiger partial charge is 0.231 e. The summed E-state index contributed by atoms with van der Waals surface area (Å²) in [7, 11) is 0. The summed E-state index contributed by atoms with van der Waals surface area (Å²) in [5, 5.41) is 7.28. The summed E-state index contributed by atoms with van der Waals surface area (Å²) in [6.07, 6.45) is 4.50. The van der Waals surface area contributed by atoms with Gasteiger partial charge in [0.2, 0.25) is 5.91 Å². The number of fused-ring (bicyclic) bond motifs is 2. The highest BCUT2D eigenvalue weighted by Crippen LogP contribution is 2.46. The van der Waals surface area contributed by atoms with E-state index in [1.165, 1.54) is 22.4 Å². The summed E-state index contributed by atoms with van der Waals surface area (Å²) in [5.74, 6) is 1.28. The Morgan fingerprint density at radius 3 is 2.71 bits per heavy atom. The zero-order valence-electron chi connectivity index (χ0n) is 18.0. The van der Waals surface area contributed by atoms with E-state index in [4.69, 9.17) is 0 Å². The third kappa shape index (κ3) is 3.16. The lowest BCUT2D eigenvalue weighted by molar-refractivity contribution is -0.139. The van der Waals surface area contributed by atoms with Crippen molar-refractivity contribution in [2.45, 2.75) is 71.5 Å². The molecule has 4 nitrogen and oxygen atoms in total. The lowest BCUT2D eigenvalue weighted by Crippen LogP contribution is -2.52. The summed E-state index contributed by atoms with van der Waals surface area (Å²) in [5.41, 5.74) is 5.43. The molecule has 2 N–H and O–H groups in total. The van der Waals surface area contributed by atoms with Gasteiger partial charge in [-0.2, -0.15) is 0 Å². The van der Waals surface area contributed by atoms with Crippen molar-refractivity contribution in [2.24, 2.45) is 11.8 Å². The molecule has 4 heteroatoms. The normalized spacial score (nSPS) is 27.4. The molecule has 5 atom stereocenters. The van der Waals surface area contributed by atoms with Crippen molar-refractivity contribution in [3.63, 3.8) is 0 Å². The fourth-order valence-electron chi connectivity index (χ4n) is 5.38. The van der Waals surface area contributed by atoms with Gasteiger partial charge in [-0.15, -0.1) is 0 Å². The molecular formula is C24H35N3O. The van der Waals surface area contributed by atoms with Gasteiger partial charge in [0.1, 0.15) is 0 Å². The minimum Gasteiger partial charge on any atom is -0.384 e. The van der Waals surface area contributed by atoms with Crippen LogP contribution in [0.3, 0.4) is 0 Å². The maximum absolute atomic E-state index is 13.6. The predicted molar refractivity (Wildman–Crippen MR) is 116 cm³/mol. The quantitative estimate of drug-likeness (QED) is 0.802. The summed E-state index contributed by atoms with van der Waals surface area (Å²) < 4.78 is 0. The summed E-state index contributed by atoms with van der Waals surface area (Å²) in [4.78, 5) is 15.7. The molecule has 1 aliphatic carbocycles. The van der Waals surface area contributed by atoms with Gasteiger partial charge in [0.15, 0.2) is 0 Å². The number of nitrogens with zero attached hydrogens (tertiary/aromatic N) is 1. The monoisotopic (exact) mass is 381 g/mol. The Bertz CT molecular complexity index is 784. The molecule has 152 valence electrons. The molecule has 0 saturated heterocycles. The number of benzene rings is 1. The average molecular weight is 382 g/mol. The number of carbonyl (C=O) groups is 1. The van der Waals surface area contributed by atoms with Crippen molar-refractivity contribution in [2.75, 3.05) is 18.4 Å². The van der Waals surface area contributed by atoms with Crippen LogP contribution in [0.2, 0.25) is 0 Å². The number of amides is 1. The molecule has 0 saturated carbocycles. The van der Waals surface area contributed by atoms with Gasteiger partial charge >= 0.3 is 0 Å². The lowest BCUT2D eigenvalue weighted by atomic mass is 9.75. The molecule has 2 aliphatic heterocycles. The maximum atomic E-state index is 13.6. The van der Waals surface area contributed by atoms with E-state index in [1.807, 2.05) is 0 Å². The topological polar surface area (TPSA) is 44.4 Å². The van der Waals surface area contributed by atoms with Gasteiger partial charge in [-0.25, -0.2) is 0 Å². The second-order valence-electron chi connectivity index (χ2n) is 9.24. The van der Waals surface area contributed by atoms with Gasteiger partial charge in [-0.3, -0.25) is 4.79 Å². The van der Waals surface area contributed by atoms with Gasteiger partial charge in [0.05, 0.1) is 5.92 Å². The van der Waals surface area contributed by atoms with E-state index < -0.39 is 0 Å². The molecule has 2 heterocycles. The molecule has 0 bridgehead atoms. The van der Waals surface area contributed by atoms with E-state index in [0.717, 1.165) is 25.9 Å². The largest absolute Gasteiger partial charge is 0.384 e. The van der Waals surface area contributed by atoms with Crippen LogP contribution in [-0.4, -0.2) is 42.0 Å². The third-order valence-corrected chi connectivity index (χ3v) is 7.26. The highest BCUT2D eigenvalue weighted by Gasteiger charge is 2.39. The Kier molecular flexibility index (Phi) is 5.26. The van der Waals surface area contributed by atoms with E-state index in [9.17, 15) is 4.79 Å². The molecule has 1 aromatic carbocycles. The van der Waals surface area contributed by atoms with Gasteiger partial charge in [0, 0.05) is 42.8 Å². The first-order valence-corrected chi connectivity index (χ1v) is 11.1. The number of hydrogen-bond donors (Lipinski definition) is 2. The van der Waals surface area contributed by atoms with Crippen LogP contribution in [0.15, 0.2) is 24.3 Å². The van der Waals surface area contributed by atoms with Crippen molar-refractivity contribution in [3.8, 4) is 0 Å². The van der Waals surface area contributed by atoms with Crippen molar-refractivity contribution < 1.29 is 4.79 Å². The molecule has 0 aromatic heterocycles. The maximum Gasteiger partial charge on any atom is 0.231 e. The highest BCUT2D eigenvalue weighted by atomic mass is 16.2. The van der Waals surface area contributed by atoms with Gasteiger partial charge in [-0.05, 0) is 55.9 Å². The summed E-state index contributed by atoms with van der Waals surface area (Å²) >= 11 is 0. The van der Waals surface area contributed by atoms with E-state index >= 15 is 0 Å². The van der Waals surface area contributed by atoms with Crippen molar-refractivity contribution >= 4 is 17.2 Å². The second-order valence-corrected chi connectivity index (χ2v) is 9.24. The van der Waals surface area contributed by atoms with Crippen molar-refractivity contribution in [1.82, 2.24) is 10.2 Å². The van der Waals surface area contributed by atoms with Crippen molar-refractivity contribution in [3.05, 3.63) is 35.4 Å². The first kappa shape index (κ1) is 19.5. The number of carbonyl (C=O) groups excluding carboxylic acids is 1. The fraction of sp³-hybridized carbons (Fsp3) is 0.625. The van der Waals surface area contributed by atoms with E-state index in [1.54, 1.807) is 0 Å². The Labute approximate surface area is 169 Å². The molecule has 28 heavy (non-hydrogen) atoms. The highest BCUT2D eigenvalue weighted by molar-refractivity contribution is 5.88. The van der Waals surface area contributed by atoms with Crippen LogP contribution < -0.4 is 10.6 Å². The number of rotatable bonds is 5. The summed E-state index contributed by atoms with van der Waals surface area (Å²) in [6, 6.07) is 7.42. The molecule has 0 radical (unpaired) electrons. The van der Waals surface area contributed by atoms with Gasteiger partial charge in [0.25, 0.3) is 0 Å². The Balaban J connectivity index is 1.66. The fourth-order valence-corrected chi connectivity index (χ4v) is 5.38. The van der Waals surface area contributed by atoms with E-state index in [2.05, 4.69) is 74.4 Å². The van der Waals surface area contributed by atoms with Crippen LogP contribution in [0.1, 0.15) is 64.5 Å². The van der Waals surface area contributed by atoms with E-state index in [0.29, 0.717) is 17.9 Å². The first-order valence-electron chi connectivity index (χ1n) is 11.1. The predicted octanol–water partition coefficient (Wildman–Crippen LogP) is 4.24. The van der Waals surface area contributed by atoms with Crippen LogP contribution in [0.5, 0.6) is 0 Å². The molecule has 4 rings (SSSR count). The van der Waals surface area contributed by atoms with Gasteiger partial charge in [-0.1, -0.05) is 38.5 Å². The number of hydrogen-bond acceptors (Lipinski definition) is 3. The third-order valence-electron chi connectivity index (χ3n) is 7.26. The van der Waals surface area contributed by atoms with Crippen LogP contribution in [0.4, 0.5) is 5.69 Å². The zero-order chi connectivity index (χ0) is 20.0. The molecule has 3 unspecified atom stereocenters. The Morgan fingerprint density at radius 2 is 2.00 bits per heavy atom. The minimum absolute atomic E-state index is 0.0816. The zero-order valence-corrected chi connectivity index (χ0v) is 18.0. The molecular weight excluding hydrogens is 346 g/mol. The standard InChI is InChI=1S/C24H35N3O/c1-6-15(4)16(5)27(14(2)3)24(28)18-10-20-19-8-7-9-21-23(19)17(12-25-21)11-22(20)26-13-18/h7-10,14-18,22,25-26H,6,11-13H2,1-5H3/t15?,16?,17?,18-,22-/m1/s1. The van der Waals surface area contributed by atoms with Crippen LogP contribution in [-0.2, 0) is 4.79 Å². The molecule has 1 amide bonds. The van der Waals surface area contributed by atoms with E-state index in [-0.39, 0.29) is 23.9 Å². The van der Waals surface area contributed by atoms with Crippen LogP contribution in [0, 0.1) is 11.8 Å². The molecule has 3 aliphatic rings. The summed E-state index contributed by atoms with van der Waals surface area (Å²) in [6.45, 7) is 12.7. The molecule has 1 aromatic rings. The Morgan fingerprint density at radius 1 is 1.21 bits per heavy atom. The number of nitrogens with one attached hydrogen (secondary N) is 2.